The molecule has 1 unspecified atom stereocenters. The first-order valence-electron chi connectivity index (χ1n) is 7.01. The van der Waals surface area contributed by atoms with Crippen molar-refractivity contribution in [3.8, 4) is 0 Å². The lowest BCUT2D eigenvalue weighted by atomic mass is 10.1. The van der Waals surface area contributed by atoms with E-state index in [1.165, 1.54) is 0 Å². The quantitative estimate of drug-likeness (QED) is 0.801. The first kappa shape index (κ1) is 15.3. The van der Waals surface area contributed by atoms with Gasteiger partial charge < -0.3 is 10.6 Å². The SMILES string of the molecule is CCN1CCC(CNS(=O)(=O)c2c(C)cccc2N)C1. The number of sulfonamides is 1. The van der Waals surface area contributed by atoms with Gasteiger partial charge in [0, 0.05) is 13.1 Å². The number of nitrogens with zero attached hydrogens (tertiary/aromatic N) is 1. The van der Waals surface area contributed by atoms with Crippen LogP contribution in [0.15, 0.2) is 23.1 Å². The summed E-state index contributed by atoms with van der Waals surface area (Å²) < 4.78 is 27.5. The second-order valence-corrected chi connectivity index (χ2v) is 7.10. The van der Waals surface area contributed by atoms with E-state index in [-0.39, 0.29) is 4.90 Å². The number of hydrogen-bond acceptors (Lipinski definition) is 4. The number of rotatable bonds is 5. The summed E-state index contributed by atoms with van der Waals surface area (Å²) in [5.74, 6) is 0.384. The van der Waals surface area contributed by atoms with Gasteiger partial charge in [0.25, 0.3) is 0 Å². The van der Waals surface area contributed by atoms with Gasteiger partial charge in [0.2, 0.25) is 10.0 Å². The fourth-order valence-corrected chi connectivity index (χ4v) is 4.18. The Morgan fingerprint density at radius 3 is 2.80 bits per heavy atom. The van der Waals surface area contributed by atoms with Crippen LogP contribution in [0.2, 0.25) is 0 Å². The molecule has 2 rings (SSSR count). The van der Waals surface area contributed by atoms with Crippen LogP contribution in [0.4, 0.5) is 5.69 Å². The van der Waals surface area contributed by atoms with E-state index in [2.05, 4.69) is 16.5 Å². The smallest absolute Gasteiger partial charge is 0.242 e. The van der Waals surface area contributed by atoms with Crippen LogP contribution in [0.5, 0.6) is 0 Å². The van der Waals surface area contributed by atoms with Crippen molar-refractivity contribution in [2.24, 2.45) is 5.92 Å². The van der Waals surface area contributed by atoms with Gasteiger partial charge in [-0.2, -0.15) is 0 Å². The second-order valence-electron chi connectivity index (χ2n) is 5.39. The van der Waals surface area contributed by atoms with Crippen LogP contribution in [0.25, 0.3) is 0 Å². The largest absolute Gasteiger partial charge is 0.398 e. The first-order chi connectivity index (χ1) is 9.44. The number of nitrogens with one attached hydrogen (secondary N) is 1. The van der Waals surface area contributed by atoms with Crippen molar-refractivity contribution >= 4 is 15.7 Å². The van der Waals surface area contributed by atoms with Crippen LogP contribution >= 0.6 is 0 Å². The van der Waals surface area contributed by atoms with Crippen LogP contribution in [0, 0.1) is 12.8 Å². The Hall–Kier alpha value is -1.11. The zero-order valence-electron chi connectivity index (χ0n) is 12.1. The van der Waals surface area contributed by atoms with E-state index >= 15 is 0 Å². The molecule has 0 amide bonds. The molecule has 5 nitrogen and oxygen atoms in total. The van der Waals surface area contributed by atoms with Crippen molar-refractivity contribution in [2.75, 3.05) is 31.9 Å². The highest BCUT2D eigenvalue weighted by molar-refractivity contribution is 7.89. The molecule has 112 valence electrons. The van der Waals surface area contributed by atoms with E-state index < -0.39 is 10.0 Å². The molecule has 0 aliphatic carbocycles. The number of anilines is 1. The summed E-state index contributed by atoms with van der Waals surface area (Å²) in [6, 6.07) is 5.15. The van der Waals surface area contributed by atoms with Gasteiger partial charge in [-0.25, -0.2) is 13.1 Å². The van der Waals surface area contributed by atoms with E-state index in [0.717, 1.165) is 26.1 Å². The third kappa shape index (κ3) is 3.31. The van der Waals surface area contributed by atoms with Crippen molar-refractivity contribution in [3.63, 3.8) is 0 Å². The highest BCUT2D eigenvalue weighted by Gasteiger charge is 2.25. The van der Waals surface area contributed by atoms with Crippen molar-refractivity contribution in [1.82, 2.24) is 9.62 Å². The monoisotopic (exact) mass is 297 g/mol. The van der Waals surface area contributed by atoms with Crippen LogP contribution < -0.4 is 10.5 Å². The van der Waals surface area contributed by atoms with Crippen LogP contribution in [0.3, 0.4) is 0 Å². The highest BCUT2D eigenvalue weighted by Crippen LogP contribution is 2.22. The van der Waals surface area contributed by atoms with E-state index in [1.54, 1.807) is 25.1 Å². The molecule has 0 radical (unpaired) electrons. The number of aryl methyl sites for hydroxylation is 1. The van der Waals surface area contributed by atoms with Gasteiger partial charge in [0.15, 0.2) is 0 Å². The molecule has 1 fully saturated rings. The number of benzene rings is 1. The Labute approximate surface area is 121 Å². The second kappa shape index (κ2) is 6.11. The van der Waals surface area contributed by atoms with Crippen molar-refractivity contribution in [1.29, 1.82) is 0 Å². The highest BCUT2D eigenvalue weighted by atomic mass is 32.2. The summed E-state index contributed by atoms with van der Waals surface area (Å²) in [7, 11) is -3.53. The lowest BCUT2D eigenvalue weighted by Crippen LogP contribution is -2.31. The average molecular weight is 297 g/mol. The number of nitrogen functional groups attached to an aromatic ring is 1. The molecule has 0 aromatic heterocycles. The molecule has 0 saturated carbocycles. The Kier molecular flexibility index (Phi) is 4.67. The summed E-state index contributed by atoms with van der Waals surface area (Å²) in [6.45, 7) is 7.40. The normalized spacial score (nSPS) is 20.4. The van der Waals surface area contributed by atoms with Gasteiger partial charge in [0.1, 0.15) is 4.90 Å². The molecule has 1 aromatic carbocycles. The summed E-state index contributed by atoms with van der Waals surface area (Å²) >= 11 is 0. The van der Waals surface area contributed by atoms with Gasteiger partial charge in [-0.15, -0.1) is 0 Å². The summed E-state index contributed by atoms with van der Waals surface area (Å²) in [5, 5.41) is 0. The molecule has 0 spiro atoms. The maximum Gasteiger partial charge on any atom is 0.242 e. The molecule has 1 aromatic rings. The Morgan fingerprint density at radius 1 is 1.45 bits per heavy atom. The number of nitrogens with two attached hydrogens (primary N) is 1. The molecule has 1 saturated heterocycles. The third-order valence-corrected chi connectivity index (χ3v) is 5.53. The fourth-order valence-electron chi connectivity index (χ4n) is 2.71. The predicted molar refractivity (Wildman–Crippen MR) is 81.0 cm³/mol. The van der Waals surface area contributed by atoms with Gasteiger partial charge >= 0.3 is 0 Å². The van der Waals surface area contributed by atoms with Gasteiger partial charge in [-0.05, 0) is 44.0 Å². The fraction of sp³-hybridized carbons (Fsp3) is 0.571. The van der Waals surface area contributed by atoms with Crippen molar-refractivity contribution < 1.29 is 8.42 Å². The first-order valence-corrected chi connectivity index (χ1v) is 8.49. The minimum atomic E-state index is -3.53. The van der Waals surface area contributed by atoms with Crippen molar-refractivity contribution in [2.45, 2.75) is 25.2 Å². The lowest BCUT2D eigenvalue weighted by molar-refractivity contribution is 0.342. The third-order valence-electron chi connectivity index (χ3n) is 3.89. The number of likely N-dealkylation sites (tertiary alicyclic amines) is 1. The van der Waals surface area contributed by atoms with Crippen LogP contribution in [-0.2, 0) is 10.0 Å². The molecule has 0 bridgehead atoms. The molecule has 3 N–H and O–H groups in total. The molecular formula is C14H23N3O2S. The topological polar surface area (TPSA) is 75.4 Å². The molecule has 1 heterocycles. The maximum atomic E-state index is 12.4. The maximum absolute atomic E-state index is 12.4. The molecule has 1 atom stereocenters. The Balaban J connectivity index is 2.05. The molecule has 1 aliphatic heterocycles. The van der Waals surface area contributed by atoms with Gasteiger partial charge in [-0.3, -0.25) is 0 Å². The summed E-state index contributed by atoms with van der Waals surface area (Å²) in [4.78, 5) is 2.55. The zero-order valence-corrected chi connectivity index (χ0v) is 12.9. The minimum Gasteiger partial charge on any atom is -0.398 e. The molecule has 6 heteroatoms. The molecule has 1 aliphatic rings. The predicted octanol–water partition coefficient (Wildman–Crippen LogP) is 1.20. The van der Waals surface area contributed by atoms with Crippen LogP contribution in [0.1, 0.15) is 18.9 Å². The van der Waals surface area contributed by atoms with Gasteiger partial charge in [-0.1, -0.05) is 19.1 Å². The van der Waals surface area contributed by atoms with Crippen molar-refractivity contribution in [3.05, 3.63) is 23.8 Å². The lowest BCUT2D eigenvalue weighted by Gasteiger charge is -2.15. The Bertz CT molecular complexity index is 552. The van der Waals surface area contributed by atoms with E-state index in [4.69, 9.17) is 5.73 Å². The summed E-state index contributed by atoms with van der Waals surface area (Å²) in [5.41, 5.74) is 6.79. The zero-order chi connectivity index (χ0) is 14.8. The minimum absolute atomic E-state index is 0.213. The standard InChI is InChI=1S/C14H23N3O2S/c1-3-17-8-7-12(10-17)9-16-20(18,19)14-11(2)5-4-6-13(14)15/h4-6,12,16H,3,7-10,15H2,1-2H3. The summed E-state index contributed by atoms with van der Waals surface area (Å²) in [6.07, 6.45) is 1.04. The van der Waals surface area contributed by atoms with E-state index in [1.807, 2.05) is 0 Å². The molecule has 20 heavy (non-hydrogen) atoms. The average Bonchev–Trinajstić information content (AvgIpc) is 2.84. The molecular weight excluding hydrogens is 274 g/mol. The van der Waals surface area contributed by atoms with E-state index in [0.29, 0.717) is 23.7 Å². The van der Waals surface area contributed by atoms with Crippen LogP contribution in [-0.4, -0.2) is 39.5 Å². The van der Waals surface area contributed by atoms with Gasteiger partial charge in [0.05, 0.1) is 5.69 Å². The number of hydrogen-bond donors (Lipinski definition) is 2. The van der Waals surface area contributed by atoms with E-state index in [9.17, 15) is 8.42 Å². The Morgan fingerprint density at radius 2 is 2.20 bits per heavy atom.